The number of benzene rings is 1. The number of anilines is 1. The molecule has 1 saturated heterocycles. The molecule has 0 bridgehead atoms. The van der Waals surface area contributed by atoms with Gasteiger partial charge in [0.15, 0.2) is 5.84 Å². The van der Waals surface area contributed by atoms with Gasteiger partial charge in [-0.05, 0) is 56.0 Å². The van der Waals surface area contributed by atoms with Crippen LogP contribution < -0.4 is 10.2 Å². The SMILES string of the molecule is CC(C)N(C=N)C(=N)c1cccc(N2Cc3c(CNC[C@@H]4CCCO4)cccc3C2=O)n1. The van der Waals surface area contributed by atoms with Gasteiger partial charge < -0.3 is 15.0 Å². The number of fused-ring (bicyclic) bond motifs is 1. The maximum absolute atomic E-state index is 13.2. The summed E-state index contributed by atoms with van der Waals surface area (Å²) in [5.41, 5.74) is 3.26. The van der Waals surface area contributed by atoms with Crippen LogP contribution in [0.4, 0.5) is 5.82 Å². The lowest BCUT2D eigenvalue weighted by molar-refractivity contribution is 0.0995. The number of amides is 1. The Morgan fingerprint density at radius 1 is 1.34 bits per heavy atom. The Morgan fingerprint density at radius 2 is 2.16 bits per heavy atom. The quantitative estimate of drug-likeness (QED) is 0.437. The van der Waals surface area contributed by atoms with E-state index < -0.39 is 0 Å². The second kappa shape index (κ2) is 9.58. The molecule has 1 atom stereocenters. The van der Waals surface area contributed by atoms with Crippen molar-refractivity contribution in [3.63, 3.8) is 0 Å². The summed E-state index contributed by atoms with van der Waals surface area (Å²) < 4.78 is 5.68. The molecule has 2 aliphatic rings. The number of hydrogen-bond acceptors (Lipinski definition) is 6. The molecule has 1 fully saturated rings. The van der Waals surface area contributed by atoms with Gasteiger partial charge in [-0.15, -0.1) is 0 Å². The summed E-state index contributed by atoms with van der Waals surface area (Å²) in [7, 11) is 0. The molecule has 1 amide bonds. The molecule has 3 N–H and O–H groups in total. The van der Waals surface area contributed by atoms with E-state index in [4.69, 9.17) is 15.6 Å². The average Bonchev–Trinajstić information content (AvgIpc) is 3.43. The van der Waals surface area contributed by atoms with Crippen LogP contribution in [0.2, 0.25) is 0 Å². The highest BCUT2D eigenvalue weighted by Gasteiger charge is 2.31. The first-order chi connectivity index (χ1) is 15.5. The molecule has 1 aromatic heterocycles. The molecule has 0 radical (unpaired) electrons. The van der Waals surface area contributed by atoms with Gasteiger partial charge in [0.25, 0.3) is 5.91 Å². The van der Waals surface area contributed by atoms with E-state index in [9.17, 15) is 4.79 Å². The van der Waals surface area contributed by atoms with Crippen LogP contribution in [-0.4, -0.2) is 53.3 Å². The van der Waals surface area contributed by atoms with Crippen molar-refractivity contribution in [1.82, 2.24) is 15.2 Å². The number of nitrogens with zero attached hydrogens (tertiary/aromatic N) is 3. The molecule has 0 saturated carbocycles. The third-order valence-corrected chi connectivity index (χ3v) is 5.98. The minimum atomic E-state index is -0.0788. The predicted octanol–water partition coefficient (Wildman–Crippen LogP) is 3.15. The Balaban J connectivity index is 1.51. The number of carbonyl (C=O) groups is 1. The largest absolute Gasteiger partial charge is 0.377 e. The Kier molecular flexibility index (Phi) is 6.62. The summed E-state index contributed by atoms with van der Waals surface area (Å²) in [5.74, 6) is 0.574. The molecule has 4 rings (SSSR count). The highest BCUT2D eigenvalue weighted by molar-refractivity contribution is 6.10. The Labute approximate surface area is 188 Å². The maximum atomic E-state index is 13.2. The average molecular weight is 435 g/mol. The van der Waals surface area contributed by atoms with Gasteiger partial charge in [0.1, 0.15) is 11.5 Å². The summed E-state index contributed by atoms with van der Waals surface area (Å²) >= 11 is 0. The molecule has 1 aromatic carbocycles. The van der Waals surface area contributed by atoms with E-state index in [1.54, 1.807) is 23.1 Å². The number of aromatic nitrogens is 1. The normalized spacial score (nSPS) is 17.7. The summed E-state index contributed by atoms with van der Waals surface area (Å²) in [5, 5.41) is 19.5. The predicted molar refractivity (Wildman–Crippen MR) is 124 cm³/mol. The lowest BCUT2D eigenvalue weighted by Gasteiger charge is -2.24. The second-order valence-corrected chi connectivity index (χ2v) is 8.46. The van der Waals surface area contributed by atoms with Crippen LogP contribution in [0.5, 0.6) is 0 Å². The summed E-state index contributed by atoms with van der Waals surface area (Å²) in [6.07, 6.45) is 3.62. The van der Waals surface area contributed by atoms with Crippen molar-refractivity contribution in [1.29, 1.82) is 10.8 Å². The lowest BCUT2D eigenvalue weighted by atomic mass is 10.0. The van der Waals surface area contributed by atoms with Gasteiger partial charge in [-0.2, -0.15) is 0 Å². The molecular formula is C24H30N6O2. The van der Waals surface area contributed by atoms with Crippen molar-refractivity contribution in [3.8, 4) is 0 Å². The molecule has 8 nitrogen and oxygen atoms in total. The van der Waals surface area contributed by atoms with Crippen LogP contribution in [0.25, 0.3) is 0 Å². The first kappa shape index (κ1) is 22.1. The van der Waals surface area contributed by atoms with Crippen LogP contribution in [0.1, 0.15) is 53.9 Å². The number of amidine groups is 1. The second-order valence-electron chi connectivity index (χ2n) is 8.46. The molecular weight excluding hydrogens is 404 g/mol. The van der Waals surface area contributed by atoms with E-state index in [2.05, 4.69) is 16.4 Å². The molecule has 168 valence electrons. The molecule has 3 heterocycles. The summed E-state index contributed by atoms with van der Waals surface area (Å²) in [6, 6.07) is 11.1. The van der Waals surface area contributed by atoms with Crippen LogP contribution in [0.3, 0.4) is 0 Å². The minimum absolute atomic E-state index is 0.0344. The summed E-state index contributed by atoms with van der Waals surface area (Å²) in [6.45, 7) is 6.62. The summed E-state index contributed by atoms with van der Waals surface area (Å²) in [4.78, 5) is 20.9. The fraction of sp³-hybridized carbons (Fsp3) is 0.417. The standard InChI is InChI=1S/C24H30N6O2/c1-16(2)30(15-25)23(26)21-9-4-10-22(28-21)29-14-20-17(6-3-8-19(20)24(29)31)12-27-13-18-7-5-11-32-18/h3-4,6,8-10,15-16,18,25-27H,5,7,11-14H2,1-2H3/t18-/m0/s1. The number of nitrogens with one attached hydrogen (secondary N) is 3. The van der Waals surface area contributed by atoms with Gasteiger partial charge in [0.05, 0.1) is 19.0 Å². The van der Waals surface area contributed by atoms with E-state index in [-0.39, 0.29) is 23.9 Å². The molecule has 0 spiro atoms. The van der Waals surface area contributed by atoms with Crippen molar-refractivity contribution in [2.45, 2.75) is 51.9 Å². The van der Waals surface area contributed by atoms with Crippen molar-refractivity contribution in [2.24, 2.45) is 0 Å². The van der Waals surface area contributed by atoms with Crippen LogP contribution in [-0.2, 0) is 17.8 Å². The zero-order valence-electron chi connectivity index (χ0n) is 18.6. The van der Waals surface area contributed by atoms with Gasteiger partial charge in [-0.3, -0.25) is 20.5 Å². The fourth-order valence-electron chi connectivity index (χ4n) is 4.23. The molecule has 2 aliphatic heterocycles. The number of carbonyl (C=O) groups excluding carboxylic acids is 1. The van der Waals surface area contributed by atoms with Crippen LogP contribution in [0, 0.1) is 10.8 Å². The van der Waals surface area contributed by atoms with Gasteiger partial charge in [0, 0.05) is 31.3 Å². The van der Waals surface area contributed by atoms with Crippen LogP contribution in [0.15, 0.2) is 36.4 Å². The van der Waals surface area contributed by atoms with Gasteiger partial charge in [-0.25, -0.2) is 4.98 Å². The Morgan fingerprint density at radius 3 is 2.88 bits per heavy atom. The highest BCUT2D eigenvalue weighted by Crippen LogP contribution is 2.30. The highest BCUT2D eigenvalue weighted by atomic mass is 16.5. The zero-order valence-corrected chi connectivity index (χ0v) is 18.6. The number of rotatable bonds is 8. The van der Waals surface area contributed by atoms with Crippen LogP contribution >= 0.6 is 0 Å². The Bertz CT molecular complexity index is 1020. The smallest absolute Gasteiger partial charge is 0.260 e. The maximum Gasteiger partial charge on any atom is 0.260 e. The number of hydrogen-bond donors (Lipinski definition) is 3. The molecule has 8 heteroatoms. The molecule has 32 heavy (non-hydrogen) atoms. The van der Waals surface area contributed by atoms with E-state index in [1.807, 2.05) is 26.0 Å². The topological polar surface area (TPSA) is 105 Å². The third kappa shape index (κ3) is 4.42. The zero-order chi connectivity index (χ0) is 22.7. The Hall–Kier alpha value is -3.10. The fourth-order valence-corrected chi connectivity index (χ4v) is 4.23. The first-order valence-electron chi connectivity index (χ1n) is 11.1. The van der Waals surface area contributed by atoms with Crippen molar-refractivity contribution >= 4 is 23.9 Å². The third-order valence-electron chi connectivity index (χ3n) is 5.98. The number of ether oxygens (including phenoxy) is 1. The molecule has 0 aliphatic carbocycles. The lowest BCUT2D eigenvalue weighted by Crippen LogP contribution is -2.36. The van der Waals surface area contributed by atoms with Crippen molar-refractivity contribution in [3.05, 3.63) is 58.8 Å². The van der Waals surface area contributed by atoms with Crippen molar-refractivity contribution < 1.29 is 9.53 Å². The van der Waals surface area contributed by atoms with E-state index >= 15 is 0 Å². The molecule has 0 unspecified atom stereocenters. The van der Waals surface area contributed by atoms with Gasteiger partial charge in [-0.1, -0.05) is 18.2 Å². The van der Waals surface area contributed by atoms with Crippen molar-refractivity contribution in [2.75, 3.05) is 18.1 Å². The minimum Gasteiger partial charge on any atom is -0.377 e. The van der Waals surface area contributed by atoms with E-state index in [0.717, 1.165) is 43.5 Å². The first-order valence-corrected chi connectivity index (χ1v) is 11.1. The van der Waals surface area contributed by atoms with E-state index in [0.29, 0.717) is 30.2 Å². The van der Waals surface area contributed by atoms with Gasteiger partial charge in [0.2, 0.25) is 0 Å². The van der Waals surface area contributed by atoms with Gasteiger partial charge >= 0.3 is 0 Å². The van der Waals surface area contributed by atoms with E-state index in [1.165, 1.54) is 4.90 Å². The number of pyridine rings is 1. The monoisotopic (exact) mass is 434 g/mol. The molecule has 2 aromatic rings.